The maximum absolute atomic E-state index is 12.6. The number of aromatic amines is 1. The lowest BCUT2D eigenvalue weighted by Gasteiger charge is -2.24. The summed E-state index contributed by atoms with van der Waals surface area (Å²) in [6, 6.07) is 11.9. The summed E-state index contributed by atoms with van der Waals surface area (Å²) in [6.07, 6.45) is 11.1. The highest BCUT2D eigenvalue weighted by Gasteiger charge is 2.21. The molecule has 194 valence electrons. The summed E-state index contributed by atoms with van der Waals surface area (Å²) in [6.45, 7) is 9.68. The standard InChI is InChI=1S/C30H30N4O3S/c1-5-19-13-32-17-28-25(19)12-27(38-28)21-11-23(16-31-14-21)36-18-22(34-29(35)37-30(2,3)4)10-20-15-33-26-9-7-6-8-24(20)26/h5-9,11-17,22,33H,1,10,18H2,2-4H3,(H,34,35)/t22-/m0/s1. The molecule has 38 heavy (non-hydrogen) atoms. The van der Waals surface area contributed by atoms with Crippen molar-refractivity contribution in [3.63, 3.8) is 0 Å². The van der Waals surface area contributed by atoms with Gasteiger partial charge in [-0.1, -0.05) is 30.9 Å². The number of amides is 1. The van der Waals surface area contributed by atoms with E-state index in [4.69, 9.17) is 9.47 Å². The number of carbonyl (C=O) groups is 1. The molecule has 0 aliphatic carbocycles. The van der Waals surface area contributed by atoms with Crippen molar-refractivity contribution in [3.8, 4) is 16.2 Å². The highest BCUT2D eigenvalue weighted by Crippen LogP contribution is 2.35. The van der Waals surface area contributed by atoms with Gasteiger partial charge in [-0.15, -0.1) is 11.3 Å². The van der Waals surface area contributed by atoms with Crippen LogP contribution in [-0.2, 0) is 11.2 Å². The van der Waals surface area contributed by atoms with Crippen molar-refractivity contribution in [1.29, 1.82) is 0 Å². The second-order valence-electron chi connectivity index (χ2n) is 10.1. The van der Waals surface area contributed by atoms with Crippen molar-refractivity contribution >= 4 is 44.5 Å². The molecule has 5 rings (SSSR count). The smallest absolute Gasteiger partial charge is 0.408 e. The van der Waals surface area contributed by atoms with E-state index < -0.39 is 11.7 Å². The van der Waals surface area contributed by atoms with Crippen LogP contribution >= 0.6 is 11.3 Å². The normalized spacial score (nSPS) is 12.4. The molecule has 4 aromatic heterocycles. The first-order chi connectivity index (χ1) is 18.3. The Balaban J connectivity index is 1.35. The number of pyridine rings is 2. The molecule has 0 bridgehead atoms. The van der Waals surface area contributed by atoms with Crippen molar-refractivity contribution < 1.29 is 14.3 Å². The minimum Gasteiger partial charge on any atom is -0.490 e. The maximum atomic E-state index is 12.6. The number of rotatable bonds is 8. The van der Waals surface area contributed by atoms with E-state index in [2.05, 4.69) is 39.0 Å². The fourth-order valence-electron chi connectivity index (χ4n) is 4.31. The Kier molecular flexibility index (Phi) is 7.15. The zero-order valence-corrected chi connectivity index (χ0v) is 22.5. The SMILES string of the molecule is C=Cc1cncc2sc(-c3cncc(OC[C@H](Cc4c[nH]c5ccccc45)NC(=O)OC(C)(C)C)c3)cc12. The quantitative estimate of drug-likeness (QED) is 0.227. The fourth-order valence-corrected chi connectivity index (χ4v) is 5.35. The van der Waals surface area contributed by atoms with Crippen LogP contribution in [-0.4, -0.2) is 39.3 Å². The second-order valence-corrected chi connectivity index (χ2v) is 11.2. The number of nitrogens with one attached hydrogen (secondary N) is 2. The number of para-hydroxylation sites is 1. The topological polar surface area (TPSA) is 89.1 Å². The molecule has 1 atom stereocenters. The minimum absolute atomic E-state index is 0.251. The lowest BCUT2D eigenvalue weighted by molar-refractivity contribution is 0.0488. The fraction of sp³-hybridized carbons (Fsp3) is 0.233. The summed E-state index contributed by atoms with van der Waals surface area (Å²) in [5.74, 6) is 0.622. The first kappa shape index (κ1) is 25.5. The third kappa shape index (κ3) is 5.86. The van der Waals surface area contributed by atoms with Gasteiger partial charge in [0.2, 0.25) is 0 Å². The number of thiophene rings is 1. The van der Waals surface area contributed by atoms with Gasteiger partial charge < -0.3 is 19.8 Å². The molecule has 4 heterocycles. The third-order valence-electron chi connectivity index (χ3n) is 6.01. The summed E-state index contributed by atoms with van der Waals surface area (Å²) in [5, 5.41) is 5.22. The number of hydrogen-bond donors (Lipinski definition) is 2. The van der Waals surface area contributed by atoms with Crippen LogP contribution in [0, 0.1) is 0 Å². The zero-order chi connectivity index (χ0) is 26.7. The molecule has 5 aromatic rings. The van der Waals surface area contributed by atoms with Gasteiger partial charge in [-0.25, -0.2) is 4.79 Å². The summed E-state index contributed by atoms with van der Waals surface area (Å²) >= 11 is 1.65. The largest absolute Gasteiger partial charge is 0.490 e. The van der Waals surface area contributed by atoms with Gasteiger partial charge >= 0.3 is 6.09 Å². The highest BCUT2D eigenvalue weighted by atomic mass is 32.1. The Morgan fingerprint density at radius 3 is 2.76 bits per heavy atom. The number of nitrogens with zero attached hydrogens (tertiary/aromatic N) is 2. The predicted molar refractivity (Wildman–Crippen MR) is 154 cm³/mol. The summed E-state index contributed by atoms with van der Waals surface area (Å²) in [5.41, 5.74) is 3.49. The summed E-state index contributed by atoms with van der Waals surface area (Å²) in [4.78, 5) is 25.7. The van der Waals surface area contributed by atoms with Gasteiger partial charge in [-0.2, -0.15) is 0 Å². The highest BCUT2D eigenvalue weighted by molar-refractivity contribution is 7.22. The van der Waals surface area contributed by atoms with Gasteiger partial charge in [0.25, 0.3) is 0 Å². The lowest BCUT2D eigenvalue weighted by Crippen LogP contribution is -2.43. The van der Waals surface area contributed by atoms with Gasteiger partial charge in [-0.05, 0) is 51.0 Å². The molecular weight excluding hydrogens is 496 g/mol. The van der Waals surface area contributed by atoms with Crippen LogP contribution in [0.2, 0.25) is 0 Å². The van der Waals surface area contributed by atoms with Crippen LogP contribution in [0.4, 0.5) is 4.79 Å². The van der Waals surface area contributed by atoms with Crippen LogP contribution in [0.1, 0.15) is 31.9 Å². The van der Waals surface area contributed by atoms with Crippen molar-refractivity contribution in [1.82, 2.24) is 20.3 Å². The van der Waals surface area contributed by atoms with E-state index in [1.165, 1.54) is 0 Å². The van der Waals surface area contributed by atoms with E-state index in [0.717, 1.165) is 42.6 Å². The molecular formula is C30H30N4O3S. The minimum atomic E-state index is -0.597. The summed E-state index contributed by atoms with van der Waals surface area (Å²) in [7, 11) is 0. The van der Waals surface area contributed by atoms with E-state index in [9.17, 15) is 4.79 Å². The monoisotopic (exact) mass is 526 g/mol. The Labute approximate surface area is 225 Å². The zero-order valence-electron chi connectivity index (χ0n) is 21.7. The second kappa shape index (κ2) is 10.7. The molecule has 0 unspecified atom stereocenters. The van der Waals surface area contributed by atoms with Gasteiger partial charge in [0.1, 0.15) is 18.0 Å². The molecule has 1 amide bonds. The Bertz CT molecular complexity index is 1600. The molecule has 8 heteroatoms. The first-order valence-electron chi connectivity index (χ1n) is 12.4. The molecule has 0 radical (unpaired) electrons. The Hall–Kier alpha value is -4.17. The van der Waals surface area contributed by atoms with Gasteiger partial charge in [-0.3, -0.25) is 9.97 Å². The molecule has 0 saturated heterocycles. The van der Waals surface area contributed by atoms with Crippen LogP contribution in [0.3, 0.4) is 0 Å². The number of benzene rings is 1. The number of ether oxygens (including phenoxy) is 2. The van der Waals surface area contributed by atoms with Crippen molar-refractivity contribution in [3.05, 3.63) is 85.1 Å². The van der Waals surface area contributed by atoms with Crippen LogP contribution in [0.25, 0.3) is 37.5 Å². The average molecular weight is 527 g/mol. The third-order valence-corrected chi connectivity index (χ3v) is 7.13. The van der Waals surface area contributed by atoms with Gasteiger partial charge in [0.15, 0.2) is 0 Å². The number of fused-ring (bicyclic) bond motifs is 2. The van der Waals surface area contributed by atoms with E-state index in [-0.39, 0.29) is 12.6 Å². The first-order valence-corrected chi connectivity index (χ1v) is 13.2. The molecule has 0 spiro atoms. The number of hydrogen-bond acceptors (Lipinski definition) is 6. The number of alkyl carbamates (subject to hydrolysis) is 1. The Morgan fingerprint density at radius 2 is 1.95 bits per heavy atom. The maximum Gasteiger partial charge on any atom is 0.408 e. The molecule has 7 nitrogen and oxygen atoms in total. The summed E-state index contributed by atoms with van der Waals surface area (Å²) < 4.78 is 12.8. The number of H-pyrrole nitrogens is 1. The van der Waals surface area contributed by atoms with Crippen LogP contribution in [0.5, 0.6) is 5.75 Å². The lowest BCUT2D eigenvalue weighted by atomic mass is 10.1. The van der Waals surface area contributed by atoms with E-state index in [1.807, 2.05) is 75.9 Å². The predicted octanol–water partition coefficient (Wildman–Crippen LogP) is 7.00. The molecule has 0 aliphatic rings. The van der Waals surface area contributed by atoms with Crippen LogP contribution in [0.15, 0.2) is 74.0 Å². The van der Waals surface area contributed by atoms with E-state index in [0.29, 0.717) is 12.2 Å². The van der Waals surface area contributed by atoms with E-state index in [1.54, 1.807) is 17.5 Å². The molecule has 0 fully saturated rings. The van der Waals surface area contributed by atoms with Crippen molar-refractivity contribution in [2.24, 2.45) is 0 Å². The molecule has 0 aliphatic heterocycles. The van der Waals surface area contributed by atoms with E-state index >= 15 is 0 Å². The average Bonchev–Trinajstić information content (AvgIpc) is 3.51. The van der Waals surface area contributed by atoms with Crippen molar-refractivity contribution in [2.45, 2.75) is 38.8 Å². The molecule has 0 saturated carbocycles. The van der Waals surface area contributed by atoms with Crippen molar-refractivity contribution in [2.75, 3.05) is 6.61 Å². The van der Waals surface area contributed by atoms with Crippen LogP contribution < -0.4 is 10.1 Å². The molecule has 1 aromatic carbocycles. The Morgan fingerprint density at radius 1 is 1.13 bits per heavy atom. The molecule has 2 N–H and O–H groups in total. The van der Waals surface area contributed by atoms with Gasteiger partial charge in [0.05, 0.1) is 16.9 Å². The van der Waals surface area contributed by atoms with Gasteiger partial charge in [0, 0.05) is 57.1 Å². The number of aromatic nitrogens is 3. The number of carbonyl (C=O) groups excluding carboxylic acids is 1.